The fraction of sp³-hybridized carbons (Fsp3) is 0.636. The number of nitro groups is 1. The summed E-state index contributed by atoms with van der Waals surface area (Å²) in [4.78, 5) is 10.4. The second-order valence-corrected chi connectivity index (χ2v) is 5.22. The third kappa shape index (κ3) is 1.95. The summed E-state index contributed by atoms with van der Waals surface area (Å²) in [6.07, 6.45) is 5.90. The molecule has 1 rings (SSSR count). The van der Waals surface area contributed by atoms with Crippen LogP contribution in [0.5, 0.6) is 0 Å². The van der Waals surface area contributed by atoms with Gasteiger partial charge in [0.2, 0.25) is 0 Å². The summed E-state index contributed by atoms with van der Waals surface area (Å²) < 4.78 is 0. The molecule has 0 spiro atoms. The van der Waals surface area contributed by atoms with Gasteiger partial charge in [0.15, 0.2) is 0 Å². The molecule has 0 aromatic heterocycles. The van der Waals surface area contributed by atoms with Gasteiger partial charge in [-0.25, -0.2) is 0 Å². The van der Waals surface area contributed by atoms with E-state index in [1.807, 2.05) is 20.8 Å². The highest BCUT2D eigenvalue weighted by molar-refractivity contribution is 5.30. The maximum Gasteiger partial charge on any atom is 0.256 e. The van der Waals surface area contributed by atoms with Crippen LogP contribution in [-0.4, -0.2) is 21.2 Å². The summed E-state index contributed by atoms with van der Waals surface area (Å²) in [5, 5.41) is 21.0. The lowest BCUT2D eigenvalue weighted by atomic mass is 9.72. The normalized spacial score (nSPS) is 35.5. The third-order valence-electron chi connectivity index (χ3n) is 2.94. The Morgan fingerprint density at radius 2 is 1.60 bits per heavy atom. The van der Waals surface area contributed by atoms with Crippen molar-refractivity contribution in [3.05, 3.63) is 34.4 Å². The van der Waals surface area contributed by atoms with Crippen molar-refractivity contribution in [2.24, 2.45) is 5.41 Å². The maximum atomic E-state index is 10.8. The first-order valence-corrected chi connectivity index (χ1v) is 4.88. The Kier molecular flexibility index (Phi) is 2.52. The Morgan fingerprint density at radius 1 is 1.20 bits per heavy atom. The summed E-state index contributed by atoms with van der Waals surface area (Å²) in [5.74, 6) is 0. The van der Waals surface area contributed by atoms with Crippen molar-refractivity contribution in [2.75, 3.05) is 0 Å². The Hall–Kier alpha value is -1.16. The van der Waals surface area contributed by atoms with Crippen LogP contribution in [0.3, 0.4) is 0 Å². The molecule has 0 radical (unpaired) electrons. The Labute approximate surface area is 89.5 Å². The second-order valence-electron chi connectivity index (χ2n) is 5.22. The third-order valence-corrected chi connectivity index (χ3v) is 2.94. The molecule has 15 heavy (non-hydrogen) atoms. The molecule has 0 heterocycles. The maximum absolute atomic E-state index is 10.8. The van der Waals surface area contributed by atoms with E-state index in [0.717, 1.165) is 0 Å². The predicted octanol–water partition coefficient (Wildman–Crippen LogP) is 1.92. The first-order chi connectivity index (χ1) is 6.61. The zero-order valence-corrected chi connectivity index (χ0v) is 9.52. The van der Waals surface area contributed by atoms with Crippen LogP contribution >= 0.6 is 0 Å². The van der Waals surface area contributed by atoms with Gasteiger partial charge < -0.3 is 5.11 Å². The summed E-state index contributed by atoms with van der Waals surface area (Å²) in [7, 11) is 0. The standard InChI is InChI=1S/C11H17NO3/c1-9(2,3)11(13)7-5-10(4,6-8-11)12(14)15/h5-8,13H,1-4H3. The van der Waals surface area contributed by atoms with E-state index in [9.17, 15) is 15.2 Å². The highest BCUT2D eigenvalue weighted by atomic mass is 16.6. The molecule has 1 aliphatic carbocycles. The molecule has 0 bridgehead atoms. The Balaban J connectivity index is 3.04. The average Bonchev–Trinajstić information content (AvgIpc) is 2.08. The monoisotopic (exact) mass is 211 g/mol. The van der Waals surface area contributed by atoms with E-state index in [2.05, 4.69) is 0 Å². The van der Waals surface area contributed by atoms with Gasteiger partial charge in [-0.3, -0.25) is 10.1 Å². The first-order valence-electron chi connectivity index (χ1n) is 4.88. The molecule has 0 aromatic carbocycles. The molecular formula is C11H17NO3. The second kappa shape index (κ2) is 3.17. The minimum Gasteiger partial charge on any atom is -0.381 e. The molecule has 0 amide bonds. The van der Waals surface area contributed by atoms with Crippen LogP contribution in [0.25, 0.3) is 0 Å². The summed E-state index contributed by atoms with van der Waals surface area (Å²) in [6, 6.07) is 0. The molecule has 0 fully saturated rings. The number of hydrogen-bond acceptors (Lipinski definition) is 3. The van der Waals surface area contributed by atoms with Gasteiger partial charge in [0.25, 0.3) is 5.54 Å². The van der Waals surface area contributed by atoms with Crippen LogP contribution in [0.4, 0.5) is 0 Å². The minimum absolute atomic E-state index is 0.373. The van der Waals surface area contributed by atoms with E-state index < -0.39 is 11.1 Å². The number of aliphatic hydroxyl groups is 1. The molecule has 0 aliphatic heterocycles. The molecule has 0 saturated carbocycles. The van der Waals surface area contributed by atoms with Crippen molar-refractivity contribution in [3.8, 4) is 0 Å². The van der Waals surface area contributed by atoms with Crippen molar-refractivity contribution >= 4 is 0 Å². The van der Waals surface area contributed by atoms with Gasteiger partial charge in [0.1, 0.15) is 5.60 Å². The smallest absolute Gasteiger partial charge is 0.256 e. The van der Waals surface area contributed by atoms with Gasteiger partial charge in [-0.2, -0.15) is 0 Å². The predicted molar refractivity (Wildman–Crippen MR) is 58.1 cm³/mol. The topological polar surface area (TPSA) is 63.4 Å². The van der Waals surface area contributed by atoms with Crippen LogP contribution in [0.2, 0.25) is 0 Å². The number of hydrogen-bond donors (Lipinski definition) is 1. The quantitative estimate of drug-likeness (QED) is 0.409. The summed E-state index contributed by atoms with van der Waals surface area (Å²) >= 11 is 0. The Morgan fingerprint density at radius 3 is 1.87 bits per heavy atom. The van der Waals surface area contributed by atoms with E-state index in [4.69, 9.17) is 0 Å². The van der Waals surface area contributed by atoms with Gasteiger partial charge in [0.05, 0.1) is 0 Å². The molecule has 1 N–H and O–H groups in total. The highest BCUT2D eigenvalue weighted by Gasteiger charge is 2.42. The van der Waals surface area contributed by atoms with Crippen LogP contribution < -0.4 is 0 Å². The highest BCUT2D eigenvalue weighted by Crippen LogP contribution is 2.37. The van der Waals surface area contributed by atoms with Crippen LogP contribution in [0, 0.1) is 15.5 Å². The van der Waals surface area contributed by atoms with Crippen molar-refractivity contribution < 1.29 is 10.0 Å². The lowest BCUT2D eigenvalue weighted by Crippen LogP contribution is -2.44. The van der Waals surface area contributed by atoms with Gasteiger partial charge in [-0.05, 0) is 29.7 Å². The van der Waals surface area contributed by atoms with Crippen LogP contribution in [-0.2, 0) is 0 Å². The van der Waals surface area contributed by atoms with Gasteiger partial charge >= 0.3 is 0 Å². The fourth-order valence-corrected chi connectivity index (χ4v) is 1.32. The molecule has 0 unspecified atom stereocenters. The SMILES string of the molecule is CC1([N+](=O)[O-])C=CC(O)(C(C)(C)C)C=C1. The van der Waals surface area contributed by atoms with E-state index in [1.165, 1.54) is 31.2 Å². The molecular weight excluding hydrogens is 194 g/mol. The van der Waals surface area contributed by atoms with E-state index in [0.29, 0.717) is 0 Å². The number of rotatable bonds is 1. The Bertz CT molecular complexity index is 322. The number of nitrogens with zero attached hydrogens (tertiary/aromatic N) is 1. The van der Waals surface area contributed by atoms with Crippen molar-refractivity contribution in [1.29, 1.82) is 0 Å². The largest absolute Gasteiger partial charge is 0.381 e. The van der Waals surface area contributed by atoms with Crippen molar-refractivity contribution in [3.63, 3.8) is 0 Å². The molecule has 84 valence electrons. The van der Waals surface area contributed by atoms with E-state index >= 15 is 0 Å². The van der Waals surface area contributed by atoms with Gasteiger partial charge in [-0.15, -0.1) is 0 Å². The first kappa shape index (κ1) is 11.9. The van der Waals surface area contributed by atoms with Gasteiger partial charge in [-0.1, -0.05) is 20.8 Å². The average molecular weight is 211 g/mol. The van der Waals surface area contributed by atoms with Gasteiger partial charge in [0, 0.05) is 11.8 Å². The van der Waals surface area contributed by atoms with E-state index in [1.54, 1.807) is 0 Å². The van der Waals surface area contributed by atoms with Crippen LogP contribution in [0.1, 0.15) is 27.7 Å². The lowest BCUT2D eigenvalue weighted by Gasteiger charge is -2.38. The molecule has 0 saturated heterocycles. The minimum atomic E-state index is -1.20. The molecule has 0 aromatic rings. The molecule has 0 atom stereocenters. The van der Waals surface area contributed by atoms with Crippen LogP contribution in [0.15, 0.2) is 24.3 Å². The molecule has 1 aliphatic rings. The zero-order valence-electron chi connectivity index (χ0n) is 9.52. The zero-order chi connectivity index (χ0) is 11.9. The lowest BCUT2D eigenvalue weighted by molar-refractivity contribution is -0.536. The molecule has 4 nitrogen and oxygen atoms in total. The fourth-order valence-electron chi connectivity index (χ4n) is 1.32. The summed E-state index contributed by atoms with van der Waals surface area (Å²) in [6.45, 7) is 7.16. The van der Waals surface area contributed by atoms with Crippen molar-refractivity contribution in [1.82, 2.24) is 0 Å². The van der Waals surface area contributed by atoms with Crippen molar-refractivity contribution in [2.45, 2.75) is 38.8 Å². The summed E-state index contributed by atoms with van der Waals surface area (Å²) in [5.41, 5.74) is -2.68. The van der Waals surface area contributed by atoms with E-state index in [-0.39, 0.29) is 10.3 Å². The molecule has 4 heteroatoms.